The third-order valence-corrected chi connectivity index (χ3v) is 6.90. The lowest BCUT2D eigenvalue weighted by molar-refractivity contribution is -0.131. The molecule has 2 amide bonds. The Morgan fingerprint density at radius 2 is 1.91 bits per heavy atom. The second-order valence-corrected chi connectivity index (χ2v) is 9.83. The van der Waals surface area contributed by atoms with Crippen molar-refractivity contribution in [1.82, 2.24) is 24.9 Å². The van der Waals surface area contributed by atoms with Crippen molar-refractivity contribution in [2.75, 3.05) is 32.7 Å². The predicted molar refractivity (Wildman–Crippen MR) is 124 cm³/mol. The van der Waals surface area contributed by atoms with Crippen molar-refractivity contribution in [1.29, 1.82) is 0 Å². The van der Waals surface area contributed by atoms with E-state index in [1.807, 2.05) is 29.5 Å². The highest BCUT2D eigenvalue weighted by atomic mass is 16.2. The number of nitrogens with zero attached hydrogens (tertiary/aromatic N) is 4. The molecule has 2 fully saturated rings. The van der Waals surface area contributed by atoms with Crippen molar-refractivity contribution < 1.29 is 9.59 Å². The number of carbonyl (C=O) groups is 2. The van der Waals surface area contributed by atoms with E-state index in [-0.39, 0.29) is 23.1 Å². The number of nitrogens with one attached hydrogen (secondary N) is 1. The Morgan fingerprint density at radius 3 is 2.53 bits per heavy atom. The van der Waals surface area contributed by atoms with E-state index in [0.717, 1.165) is 31.9 Å². The van der Waals surface area contributed by atoms with Gasteiger partial charge in [0.1, 0.15) is 0 Å². The number of benzene rings is 1. The Bertz CT molecular complexity index is 962. The Hall–Kier alpha value is -2.67. The third-order valence-electron chi connectivity index (χ3n) is 6.90. The number of hydrogen-bond donors (Lipinski definition) is 1. The number of amides is 2. The Balaban J connectivity index is 1.48. The van der Waals surface area contributed by atoms with Crippen LogP contribution in [-0.2, 0) is 17.9 Å². The predicted octanol–water partition coefficient (Wildman–Crippen LogP) is 2.56. The molecule has 0 saturated carbocycles. The molecule has 0 aliphatic carbocycles. The zero-order valence-corrected chi connectivity index (χ0v) is 19.7. The van der Waals surface area contributed by atoms with Crippen LogP contribution in [0.3, 0.4) is 0 Å². The van der Waals surface area contributed by atoms with E-state index in [9.17, 15) is 9.59 Å². The zero-order valence-electron chi connectivity index (χ0n) is 19.7. The van der Waals surface area contributed by atoms with Gasteiger partial charge in [0.25, 0.3) is 5.91 Å². The van der Waals surface area contributed by atoms with Crippen LogP contribution in [0.2, 0.25) is 0 Å². The molecule has 2 saturated heterocycles. The molecule has 1 spiro atoms. The van der Waals surface area contributed by atoms with Crippen LogP contribution in [0.15, 0.2) is 36.5 Å². The molecule has 3 heterocycles. The van der Waals surface area contributed by atoms with E-state index in [4.69, 9.17) is 0 Å². The fraction of sp³-hybridized carbons (Fsp3) is 0.560. The van der Waals surface area contributed by atoms with E-state index in [2.05, 4.69) is 53.4 Å². The van der Waals surface area contributed by atoms with Crippen LogP contribution in [0.5, 0.6) is 0 Å². The Labute approximate surface area is 190 Å². The van der Waals surface area contributed by atoms with Crippen molar-refractivity contribution in [3.8, 4) is 0 Å². The molecule has 172 valence electrons. The standard InChI is InChI=1S/C25H35N5O2/c1-5-30-19(4)21(12-27-30)24(32)29-16-25(17-29)15-28(13-20-9-7-6-8-10-20)14-22(25)23(31)26-11-18(2)3/h6-10,12,18,22H,5,11,13-17H2,1-4H3,(H,26,31). The van der Waals surface area contributed by atoms with Crippen LogP contribution in [0.25, 0.3) is 0 Å². The summed E-state index contributed by atoms with van der Waals surface area (Å²) in [5, 5.41) is 7.47. The minimum absolute atomic E-state index is 0.0238. The first-order chi connectivity index (χ1) is 15.3. The molecule has 7 nitrogen and oxygen atoms in total. The molecule has 2 aliphatic rings. The first-order valence-electron chi connectivity index (χ1n) is 11.7. The first-order valence-corrected chi connectivity index (χ1v) is 11.7. The van der Waals surface area contributed by atoms with Gasteiger partial charge in [-0.2, -0.15) is 5.10 Å². The molecule has 0 bridgehead atoms. The number of hydrogen-bond acceptors (Lipinski definition) is 4. The van der Waals surface area contributed by atoms with Gasteiger partial charge in [-0.1, -0.05) is 44.2 Å². The molecule has 1 atom stereocenters. The number of carbonyl (C=O) groups excluding carboxylic acids is 2. The number of rotatable bonds is 7. The Kier molecular flexibility index (Phi) is 6.38. The number of aryl methyl sites for hydroxylation is 1. The summed E-state index contributed by atoms with van der Waals surface area (Å²) < 4.78 is 1.85. The average Bonchev–Trinajstić information content (AvgIpc) is 3.31. The van der Waals surface area contributed by atoms with Crippen LogP contribution in [0, 0.1) is 24.2 Å². The third kappa shape index (κ3) is 4.31. The fourth-order valence-electron chi connectivity index (χ4n) is 5.15. The first kappa shape index (κ1) is 22.5. The summed E-state index contributed by atoms with van der Waals surface area (Å²) in [6.45, 7) is 13.2. The normalized spacial score (nSPS) is 20.0. The summed E-state index contributed by atoms with van der Waals surface area (Å²) in [6.07, 6.45) is 1.68. The summed E-state index contributed by atoms with van der Waals surface area (Å²) in [5.41, 5.74) is 2.64. The van der Waals surface area contributed by atoms with Crippen LogP contribution in [0.4, 0.5) is 0 Å². The molecule has 32 heavy (non-hydrogen) atoms. The molecule has 0 radical (unpaired) electrons. The highest BCUT2D eigenvalue weighted by Crippen LogP contribution is 2.45. The maximum atomic E-state index is 13.1. The topological polar surface area (TPSA) is 70.5 Å². The molecule has 1 unspecified atom stereocenters. The molecule has 2 aromatic rings. The van der Waals surface area contributed by atoms with Gasteiger partial charge in [-0.15, -0.1) is 0 Å². The molecular formula is C25H35N5O2. The summed E-state index contributed by atoms with van der Waals surface area (Å²) >= 11 is 0. The van der Waals surface area contributed by atoms with Gasteiger partial charge in [0.2, 0.25) is 5.91 Å². The van der Waals surface area contributed by atoms with Crippen molar-refractivity contribution >= 4 is 11.8 Å². The van der Waals surface area contributed by atoms with Gasteiger partial charge in [0, 0.05) is 56.9 Å². The second-order valence-electron chi connectivity index (χ2n) is 9.83. The fourth-order valence-corrected chi connectivity index (χ4v) is 5.15. The molecule has 1 N–H and O–H groups in total. The average molecular weight is 438 g/mol. The quantitative estimate of drug-likeness (QED) is 0.723. The molecular weight excluding hydrogens is 402 g/mol. The number of aromatic nitrogens is 2. The van der Waals surface area contributed by atoms with E-state index >= 15 is 0 Å². The highest BCUT2D eigenvalue weighted by Gasteiger charge is 2.57. The molecule has 2 aliphatic heterocycles. The van der Waals surface area contributed by atoms with Crippen LogP contribution < -0.4 is 5.32 Å². The largest absolute Gasteiger partial charge is 0.356 e. The lowest BCUT2D eigenvalue weighted by atomic mass is 9.71. The molecule has 1 aromatic heterocycles. The number of likely N-dealkylation sites (tertiary alicyclic amines) is 2. The van der Waals surface area contributed by atoms with Crippen molar-refractivity contribution in [3.05, 3.63) is 53.3 Å². The molecule has 7 heteroatoms. The van der Waals surface area contributed by atoms with E-state index in [0.29, 0.717) is 31.1 Å². The van der Waals surface area contributed by atoms with Crippen molar-refractivity contribution in [3.63, 3.8) is 0 Å². The van der Waals surface area contributed by atoms with Crippen LogP contribution >= 0.6 is 0 Å². The monoisotopic (exact) mass is 437 g/mol. The minimum atomic E-state index is -0.180. The molecule has 4 rings (SSSR count). The SMILES string of the molecule is CCn1ncc(C(=O)N2CC3(CN(Cc4ccccc4)CC3C(=O)NCC(C)C)C2)c1C. The summed E-state index contributed by atoms with van der Waals surface area (Å²) in [4.78, 5) is 30.5. The summed E-state index contributed by atoms with van der Waals surface area (Å²) in [5.74, 6) is 0.453. The van der Waals surface area contributed by atoms with Crippen molar-refractivity contribution in [2.45, 2.75) is 40.8 Å². The second kappa shape index (κ2) is 9.06. The maximum Gasteiger partial charge on any atom is 0.257 e. The van der Waals surface area contributed by atoms with Gasteiger partial charge in [0.15, 0.2) is 0 Å². The van der Waals surface area contributed by atoms with Gasteiger partial charge in [-0.05, 0) is 25.3 Å². The molecule has 1 aromatic carbocycles. The lowest BCUT2D eigenvalue weighted by Gasteiger charge is -2.50. The van der Waals surface area contributed by atoms with Crippen LogP contribution in [-0.4, -0.2) is 64.1 Å². The Morgan fingerprint density at radius 1 is 1.19 bits per heavy atom. The van der Waals surface area contributed by atoms with Gasteiger partial charge in [0.05, 0.1) is 17.7 Å². The maximum absolute atomic E-state index is 13.1. The lowest BCUT2D eigenvalue weighted by Crippen LogP contribution is -2.64. The van der Waals surface area contributed by atoms with E-state index < -0.39 is 0 Å². The van der Waals surface area contributed by atoms with E-state index in [1.54, 1.807) is 6.20 Å². The van der Waals surface area contributed by atoms with Gasteiger partial charge in [-0.25, -0.2) is 0 Å². The smallest absolute Gasteiger partial charge is 0.257 e. The minimum Gasteiger partial charge on any atom is -0.356 e. The van der Waals surface area contributed by atoms with E-state index in [1.165, 1.54) is 5.56 Å². The van der Waals surface area contributed by atoms with Crippen LogP contribution in [0.1, 0.15) is 42.4 Å². The highest BCUT2D eigenvalue weighted by molar-refractivity contribution is 5.96. The van der Waals surface area contributed by atoms with Gasteiger partial charge >= 0.3 is 0 Å². The van der Waals surface area contributed by atoms with Gasteiger partial charge < -0.3 is 10.2 Å². The summed E-state index contributed by atoms with van der Waals surface area (Å²) in [6, 6.07) is 10.4. The summed E-state index contributed by atoms with van der Waals surface area (Å²) in [7, 11) is 0. The van der Waals surface area contributed by atoms with Gasteiger partial charge in [-0.3, -0.25) is 19.2 Å². The zero-order chi connectivity index (χ0) is 22.9. The van der Waals surface area contributed by atoms with Crippen molar-refractivity contribution in [2.24, 2.45) is 17.3 Å².